The van der Waals surface area contributed by atoms with Crippen LogP contribution in [-0.2, 0) is 42.3 Å². The Morgan fingerprint density at radius 1 is 0.984 bits per heavy atom. The summed E-state index contributed by atoms with van der Waals surface area (Å²) in [7, 11) is 0. The van der Waals surface area contributed by atoms with E-state index in [0.29, 0.717) is 42.3 Å². The van der Waals surface area contributed by atoms with Crippen molar-refractivity contribution in [1.29, 1.82) is 0 Å². The highest BCUT2D eigenvalue weighted by Gasteiger charge is 2.34. The molecular weight excluding hydrogens is 815 g/mol. The summed E-state index contributed by atoms with van der Waals surface area (Å²) in [6.45, 7) is 8.47. The number of rotatable bonds is 11. The highest BCUT2D eigenvalue weighted by molar-refractivity contribution is 6.34. The van der Waals surface area contributed by atoms with Crippen LogP contribution in [0.3, 0.4) is 0 Å². The van der Waals surface area contributed by atoms with Gasteiger partial charge in [-0.25, -0.2) is 9.97 Å². The van der Waals surface area contributed by atoms with E-state index >= 15 is 0 Å². The van der Waals surface area contributed by atoms with Gasteiger partial charge in [-0.2, -0.15) is 22.7 Å². The second kappa shape index (κ2) is 16.8. The van der Waals surface area contributed by atoms with E-state index in [9.17, 15) is 27.6 Å². The number of hydrogen-bond donors (Lipinski definition) is 1. The van der Waals surface area contributed by atoms with E-state index in [2.05, 4.69) is 27.0 Å². The maximum atomic E-state index is 14.5. The third-order valence-electron chi connectivity index (χ3n) is 10.7. The number of nitrogens with zero attached hydrogens (tertiary/aromatic N) is 8. The van der Waals surface area contributed by atoms with E-state index in [1.165, 1.54) is 23.0 Å². The van der Waals surface area contributed by atoms with E-state index in [0.717, 1.165) is 22.8 Å². The Labute approximate surface area is 352 Å². The van der Waals surface area contributed by atoms with Gasteiger partial charge < -0.3 is 29.2 Å². The molecule has 3 aromatic heterocycles. The molecule has 0 unspecified atom stereocenters. The summed E-state index contributed by atoms with van der Waals surface area (Å²) in [5.41, 5.74) is 3.30. The summed E-state index contributed by atoms with van der Waals surface area (Å²) in [6.07, 6.45) is -3.04. The van der Waals surface area contributed by atoms with Crippen LogP contribution in [0.1, 0.15) is 51.1 Å². The van der Waals surface area contributed by atoms with Crippen molar-refractivity contribution >= 4 is 46.1 Å². The normalized spacial score (nSPS) is 14.0. The minimum Gasteiger partial charge on any atom is -0.485 e. The Hall–Kier alpha value is -6.59. The number of anilines is 2. The number of fused-ring (bicyclic) bond motifs is 2. The van der Waals surface area contributed by atoms with Crippen LogP contribution in [0.2, 0.25) is 5.02 Å². The van der Waals surface area contributed by atoms with Gasteiger partial charge in [0.25, 0.3) is 11.5 Å². The van der Waals surface area contributed by atoms with Gasteiger partial charge in [0, 0.05) is 31.7 Å². The quantitative estimate of drug-likeness (QED) is 0.150. The van der Waals surface area contributed by atoms with Gasteiger partial charge in [0.2, 0.25) is 11.7 Å². The summed E-state index contributed by atoms with van der Waals surface area (Å²) < 4.78 is 54.4. The molecule has 0 spiro atoms. The number of amides is 2. The zero-order chi connectivity index (χ0) is 43.0. The lowest BCUT2D eigenvalue weighted by atomic mass is 10.1. The molecule has 0 radical (unpaired) electrons. The molecular formula is C43H39ClF3N9O5. The molecule has 2 aliphatic rings. The van der Waals surface area contributed by atoms with Crippen LogP contribution >= 0.6 is 11.6 Å². The molecule has 0 aliphatic carbocycles. The van der Waals surface area contributed by atoms with Crippen molar-refractivity contribution in [2.45, 2.75) is 52.8 Å². The van der Waals surface area contributed by atoms with Gasteiger partial charge in [-0.05, 0) is 53.8 Å². The van der Waals surface area contributed by atoms with Gasteiger partial charge in [0.1, 0.15) is 25.2 Å². The van der Waals surface area contributed by atoms with Gasteiger partial charge in [-0.1, -0.05) is 73.6 Å². The predicted molar refractivity (Wildman–Crippen MR) is 221 cm³/mol. The predicted octanol–water partition coefficient (Wildman–Crippen LogP) is 6.66. The SMILES string of the molecule is C=C(c1ccc(NC(=O)Cn2c(CC)c(N3CCN(C(=O)c4ncnc(C)c4OCc4ccccc4)CC3)c(=O)n3nc(-c4ccc5c(c4)COC5)nc23)c(Cl)c1)C(F)(F)F. The number of halogens is 4. The fourth-order valence-electron chi connectivity index (χ4n) is 7.46. The Morgan fingerprint density at radius 2 is 1.74 bits per heavy atom. The van der Waals surface area contributed by atoms with E-state index in [-0.39, 0.29) is 84.5 Å². The van der Waals surface area contributed by atoms with Crippen LogP contribution in [0.15, 0.2) is 84.4 Å². The monoisotopic (exact) mass is 853 g/mol. The average molecular weight is 854 g/mol. The Morgan fingerprint density at radius 3 is 2.46 bits per heavy atom. The summed E-state index contributed by atoms with van der Waals surface area (Å²) in [5, 5.41) is 7.22. The topological polar surface area (TPSA) is 149 Å². The molecule has 3 aromatic carbocycles. The number of aryl methyl sites for hydroxylation is 1. The third kappa shape index (κ3) is 8.30. The lowest BCUT2D eigenvalue weighted by Gasteiger charge is -2.36. The fourth-order valence-corrected chi connectivity index (χ4v) is 7.69. The van der Waals surface area contributed by atoms with Crippen molar-refractivity contribution in [2.75, 3.05) is 36.4 Å². The smallest absolute Gasteiger partial charge is 0.416 e. The van der Waals surface area contributed by atoms with Crippen molar-refractivity contribution in [3.05, 3.63) is 134 Å². The van der Waals surface area contributed by atoms with E-state index in [1.54, 1.807) is 16.4 Å². The highest BCUT2D eigenvalue weighted by atomic mass is 35.5. The number of ether oxygens (including phenoxy) is 2. The lowest BCUT2D eigenvalue weighted by molar-refractivity contribution is -0.116. The van der Waals surface area contributed by atoms with Crippen molar-refractivity contribution in [3.8, 4) is 17.1 Å². The Kier molecular flexibility index (Phi) is 11.3. The number of alkyl halides is 3. The van der Waals surface area contributed by atoms with Gasteiger partial charge >= 0.3 is 6.18 Å². The molecule has 1 N–H and O–H groups in total. The van der Waals surface area contributed by atoms with E-state index in [1.807, 2.05) is 60.4 Å². The molecule has 8 rings (SSSR count). The number of carbonyl (C=O) groups is 2. The van der Waals surface area contributed by atoms with Gasteiger partial charge in [0.05, 0.1) is 40.9 Å². The summed E-state index contributed by atoms with van der Waals surface area (Å²) in [4.78, 5) is 59.2. The zero-order valence-electron chi connectivity index (χ0n) is 33.1. The second-order valence-corrected chi connectivity index (χ2v) is 15.0. The molecule has 14 nitrogen and oxygen atoms in total. The molecule has 314 valence electrons. The maximum absolute atomic E-state index is 14.5. The molecule has 0 saturated carbocycles. The number of allylic oxidation sites excluding steroid dienone is 1. The van der Waals surface area contributed by atoms with Crippen molar-refractivity contribution in [1.82, 2.24) is 34.0 Å². The summed E-state index contributed by atoms with van der Waals surface area (Å²) in [6, 6.07) is 18.7. The first kappa shape index (κ1) is 41.2. The minimum atomic E-state index is -4.66. The summed E-state index contributed by atoms with van der Waals surface area (Å²) in [5.74, 6) is -0.282. The van der Waals surface area contributed by atoms with Crippen molar-refractivity contribution in [3.63, 3.8) is 0 Å². The standard InChI is InChI=1S/C43H39ClF3N9O5/c1-4-34-37(53-14-16-54(17-15-53)40(58)36-38(26(3)48-24-49-36)61-21-27-8-6-5-7-9-27)41(59)56-42(51-39(52-56)29-10-11-30-22-60-23-31(30)18-29)55(34)20-35(57)50-33-13-12-28(19-32(33)44)25(2)43(45,46)47/h5-13,18-19,24H,2,4,14-17,20-23H2,1,3H3,(H,50,57). The zero-order valence-corrected chi connectivity index (χ0v) is 33.9. The van der Waals surface area contributed by atoms with Crippen molar-refractivity contribution in [2.24, 2.45) is 0 Å². The third-order valence-corrected chi connectivity index (χ3v) is 11.0. The van der Waals surface area contributed by atoms with Crippen LogP contribution in [0.4, 0.5) is 24.5 Å². The molecule has 5 heterocycles. The number of aromatic nitrogens is 6. The Balaban J connectivity index is 1.10. The number of nitrogens with one attached hydrogen (secondary N) is 1. The molecule has 6 aromatic rings. The first-order valence-corrected chi connectivity index (χ1v) is 19.8. The van der Waals surface area contributed by atoms with Crippen LogP contribution in [0.5, 0.6) is 5.75 Å². The number of piperazine rings is 1. The lowest BCUT2D eigenvalue weighted by Crippen LogP contribution is -2.51. The highest BCUT2D eigenvalue weighted by Crippen LogP contribution is 2.35. The largest absolute Gasteiger partial charge is 0.485 e. The first-order valence-electron chi connectivity index (χ1n) is 19.4. The van der Waals surface area contributed by atoms with E-state index < -0.39 is 23.2 Å². The fraction of sp³-hybridized carbons (Fsp3) is 0.279. The van der Waals surface area contributed by atoms with Crippen LogP contribution in [0.25, 0.3) is 22.7 Å². The Bertz CT molecular complexity index is 2750. The first-order chi connectivity index (χ1) is 29.3. The maximum Gasteiger partial charge on any atom is 0.416 e. The number of benzene rings is 3. The van der Waals surface area contributed by atoms with Gasteiger partial charge in [-0.3, -0.25) is 14.4 Å². The average Bonchev–Trinajstić information content (AvgIpc) is 3.92. The van der Waals surface area contributed by atoms with E-state index in [4.69, 9.17) is 26.1 Å². The molecule has 18 heteroatoms. The number of hydrogen-bond acceptors (Lipinski definition) is 10. The van der Waals surface area contributed by atoms with Gasteiger partial charge in [-0.15, -0.1) is 5.10 Å². The molecule has 2 amide bonds. The molecule has 61 heavy (non-hydrogen) atoms. The summed E-state index contributed by atoms with van der Waals surface area (Å²) >= 11 is 6.36. The molecule has 0 atom stereocenters. The molecule has 1 fully saturated rings. The second-order valence-electron chi connectivity index (χ2n) is 14.6. The molecule has 1 saturated heterocycles. The molecule has 0 bridgehead atoms. The molecule has 2 aliphatic heterocycles. The minimum absolute atomic E-state index is 0.0801. The number of carbonyl (C=O) groups excluding carboxylic acids is 2. The van der Waals surface area contributed by atoms with Crippen LogP contribution in [-0.4, -0.2) is 78.2 Å². The van der Waals surface area contributed by atoms with Gasteiger partial charge in [0.15, 0.2) is 17.3 Å². The van der Waals surface area contributed by atoms with Crippen LogP contribution in [0, 0.1) is 6.92 Å². The van der Waals surface area contributed by atoms with Crippen molar-refractivity contribution < 1.29 is 32.2 Å². The van der Waals surface area contributed by atoms with Crippen LogP contribution < -0.4 is 20.5 Å².